The van der Waals surface area contributed by atoms with E-state index in [9.17, 15) is 4.79 Å². The Bertz CT molecular complexity index is 1050. The Hall–Kier alpha value is -2.44. The normalized spacial score (nSPS) is 18.5. The van der Waals surface area contributed by atoms with Crippen molar-refractivity contribution in [1.29, 1.82) is 0 Å². The fourth-order valence-corrected chi connectivity index (χ4v) is 4.67. The van der Waals surface area contributed by atoms with Gasteiger partial charge < -0.3 is 14.6 Å². The van der Waals surface area contributed by atoms with Gasteiger partial charge in [0.1, 0.15) is 18.0 Å². The van der Waals surface area contributed by atoms with Gasteiger partial charge in [-0.25, -0.2) is 4.98 Å². The van der Waals surface area contributed by atoms with E-state index in [0.29, 0.717) is 12.4 Å². The molecule has 3 aromatic rings. The monoisotopic (exact) mass is 496 g/mol. The molecule has 1 aliphatic rings. The highest BCUT2D eigenvalue weighted by atomic mass is 79.9. The van der Waals surface area contributed by atoms with Gasteiger partial charge in [-0.2, -0.15) is 0 Å². The molecule has 2 heterocycles. The Morgan fingerprint density at radius 3 is 2.62 bits per heavy atom. The molecule has 0 aliphatic carbocycles. The van der Waals surface area contributed by atoms with Crippen molar-refractivity contribution in [3.8, 4) is 11.5 Å². The third-order valence-corrected chi connectivity index (χ3v) is 6.77. The summed E-state index contributed by atoms with van der Waals surface area (Å²) in [6, 6.07) is 16.5. The number of rotatable bonds is 7. The molecule has 5 nitrogen and oxygen atoms in total. The maximum absolute atomic E-state index is 12.6. The van der Waals surface area contributed by atoms with E-state index in [4.69, 9.17) is 9.40 Å². The number of oxazole rings is 1. The third-order valence-electron chi connectivity index (χ3n) is 6.28. The van der Waals surface area contributed by atoms with Crippen LogP contribution in [0.1, 0.15) is 35.4 Å². The van der Waals surface area contributed by atoms with Crippen molar-refractivity contribution in [2.24, 2.45) is 5.92 Å². The molecule has 1 aromatic heterocycles. The molecular formula is C26H31BrN3O2+. The second-order valence-corrected chi connectivity index (χ2v) is 9.68. The number of hydrogen-bond acceptors (Lipinski definition) is 3. The standard InChI is InChI=1S/C26H30BrN3O2/c1-18-6-8-20(9-7-18)10-13-28-25(31)21-11-14-30(15-12-21)17-24-19(2)32-26(29-24)22-4-3-5-23(27)16-22/h3-9,16,21H,10-15,17H2,1-2H3,(H,28,31)/p+1. The first-order valence-corrected chi connectivity index (χ1v) is 12.2. The number of halogens is 1. The van der Waals surface area contributed by atoms with Gasteiger partial charge in [0.15, 0.2) is 0 Å². The van der Waals surface area contributed by atoms with Gasteiger partial charge in [0.2, 0.25) is 11.8 Å². The van der Waals surface area contributed by atoms with E-state index in [1.54, 1.807) is 0 Å². The lowest BCUT2D eigenvalue weighted by Gasteiger charge is -2.28. The summed E-state index contributed by atoms with van der Waals surface area (Å²) in [6.07, 6.45) is 2.71. The number of aromatic nitrogens is 1. The number of amides is 1. The second-order valence-electron chi connectivity index (χ2n) is 8.76. The number of aryl methyl sites for hydroxylation is 2. The Labute approximate surface area is 198 Å². The summed E-state index contributed by atoms with van der Waals surface area (Å²) in [5.74, 6) is 1.86. The summed E-state index contributed by atoms with van der Waals surface area (Å²) in [5, 5.41) is 3.14. The molecule has 1 aliphatic heterocycles. The molecule has 0 unspecified atom stereocenters. The lowest BCUT2D eigenvalue weighted by molar-refractivity contribution is -0.919. The van der Waals surface area contributed by atoms with Gasteiger partial charge in [-0.3, -0.25) is 4.79 Å². The largest absolute Gasteiger partial charge is 0.441 e. The van der Waals surface area contributed by atoms with Crippen molar-refractivity contribution in [2.75, 3.05) is 19.6 Å². The van der Waals surface area contributed by atoms with E-state index >= 15 is 0 Å². The Balaban J connectivity index is 1.24. The average molecular weight is 497 g/mol. The molecule has 2 N–H and O–H groups in total. The van der Waals surface area contributed by atoms with Gasteiger partial charge in [-0.1, -0.05) is 51.8 Å². The Morgan fingerprint density at radius 1 is 1.16 bits per heavy atom. The van der Waals surface area contributed by atoms with Crippen LogP contribution in [0.3, 0.4) is 0 Å². The van der Waals surface area contributed by atoms with E-state index in [-0.39, 0.29) is 11.8 Å². The quantitative estimate of drug-likeness (QED) is 0.521. The molecule has 4 rings (SSSR count). The lowest BCUT2D eigenvalue weighted by Crippen LogP contribution is -3.12. The van der Waals surface area contributed by atoms with Gasteiger partial charge >= 0.3 is 0 Å². The molecule has 32 heavy (non-hydrogen) atoms. The molecule has 0 saturated carbocycles. The number of carbonyl (C=O) groups is 1. The first-order chi connectivity index (χ1) is 15.5. The van der Waals surface area contributed by atoms with Gasteiger partial charge in [0, 0.05) is 35.3 Å². The van der Waals surface area contributed by atoms with Crippen molar-refractivity contribution in [1.82, 2.24) is 10.3 Å². The van der Waals surface area contributed by atoms with E-state index < -0.39 is 0 Å². The fraction of sp³-hybridized carbons (Fsp3) is 0.385. The van der Waals surface area contributed by atoms with Crippen molar-refractivity contribution >= 4 is 21.8 Å². The molecule has 0 bridgehead atoms. The number of hydrogen-bond donors (Lipinski definition) is 2. The van der Waals surface area contributed by atoms with Crippen molar-refractivity contribution in [2.45, 2.75) is 39.7 Å². The zero-order valence-corrected chi connectivity index (χ0v) is 20.4. The van der Waals surface area contributed by atoms with Crippen LogP contribution in [0.5, 0.6) is 0 Å². The number of piperidine rings is 1. The average Bonchev–Trinajstić information content (AvgIpc) is 3.16. The van der Waals surface area contributed by atoms with Crippen LogP contribution >= 0.6 is 15.9 Å². The smallest absolute Gasteiger partial charge is 0.226 e. The molecular weight excluding hydrogens is 466 g/mol. The molecule has 1 amide bonds. The molecule has 0 spiro atoms. The zero-order valence-electron chi connectivity index (χ0n) is 18.8. The van der Waals surface area contributed by atoms with Crippen LogP contribution in [-0.4, -0.2) is 30.5 Å². The molecule has 1 saturated heterocycles. The molecule has 1 fully saturated rings. The summed E-state index contributed by atoms with van der Waals surface area (Å²) >= 11 is 3.51. The molecule has 0 radical (unpaired) electrons. The predicted octanol–water partition coefficient (Wildman–Crippen LogP) is 3.87. The minimum absolute atomic E-state index is 0.118. The van der Waals surface area contributed by atoms with E-state index in [1.807, 2.05) is 31.2 Å². The van der Waals surface area contributed by atoms with Crippen LogP contribution in [0, 0.1) is 19.8 Å². The zero-order chi connectivity index (χ0) is 22.5. The summed E-state index contributed by atoms with van der Waals surface area (Å²) in [5.41, 5.74) is 4.51. The number of nitrogens with one attached hydrogen (secondary N) is 2. The number of quaternary nitrogens is 1. The maximum Gasteiger partial charge on any atom is 0.226 e. The molecule has 6 heteroatoms. The van der Waals surface area contributed by atoms with E-state index in [2.05, 4.69) is 52.4 Å². The lowest BCUT2D eigenvalue weighted by atomic mass is 9.95. The number of benzene rings is 2. The van der Waals surface area contributed by atoms with Crippen molar-refractivity contribution < 1.29 is 14.1 Å². The van der Waals surface area contributed by atoms with Crippen LogP contribution in [0.25, 0.3) is 11.5 Å². The second kappa shape index (κ2) is 10.5. The molecule has 0 atom stereocenters. The summed E-state index contributed by atoms with van der Waals surface area (Å²) in [6.45, 7) is 7.57. The van der Waals surface area contributed by atoms with Gasteiger partial charge in [-0.15, -0.1) is 0 Å². The van der Waals surface area contributed by atoms with E-state index in [1.165, 1.54) is 16.0 Å². The summed E-state index contributed by atoms with van der Waals surface area (Å²) < 4.78 is 6.95. The van der Waals surface area contributed by atoms with Crippen LogP contribution in [0.4, 0.5) is 0 Å². The summed E-state index contributed by atoms with van der Waals surface area (Å²) in [4.78, 5) is 18.8. The SMILES string of the molecule is Cc1ccc(CCNC(=O)C2CC[NH+](Cc3nc(-c4cccc(Br)c4)oc3C)CC2)cc1. The highest BCUT2D eigenvalue weighted by Gasteiger charge is 2.28. The first kappa shape index (κ1) is 22.7. The number of nitrogens with zero attached hydrogens (tertiary/aromatic N) is 1. The topological polar surface area (TPSA) is 59.6 Å². The highest BCUT2D eigenvalue weighted by molar-refractivity contribution is 9.10. The molecule has 168 valence electrons. The molecule has 2 aromatic carbocycles. The van der Waals surface area contributed by atoms with E-state index in [0.717, 1.165) is 60.4 Å². The highest BCUT2D eigenvalue weighted by Crippen LogP contribution is 2.24. The minimum atomic E-state index is 0.118. The van der Waals surface area contributed by atoms with Crippen LogP contribution in [-0.2, 0) is 17.8 Å². The van der Waals surface area contributed by atoms with Crippen molar-refractivity contribution in [3.63, 3.8) is 0 Å². The third kappa shape index (κ3) is 5.87. The number of carbonyl (C=O) groups excluding carboxylic acids is 1. The summed E-state index contributed by atoms with van der Waals surface area (Å²) in [7, 11) is 0. The minimum Gasteiger partial charge on any atom is -0.441 e. The van der Waals surface area contributed by atoms with Gasteiger partial charge in [-0.05, 0) is 44.0 Å². The predicted molar refractivity (Wildman–Crippen MR) is 129 cm³/mol. The first-order valence-electron chi connectivity index (χ1n) is 11.4. The number of likely N-dealkylation sites (tertiary alicyclic amines) is 1. The van der Waals surface area contributed by atoms with Gasteiger partial charge in [0.05, 0.1) is 13.1 Å². The van der Waals surface area contributed by atoms with Crippen LogP contribution < -0.4 is 10.2 Å². The van der Waals surface area contributed by atoms with Gasteiger partial charge in [0.25, 0.3) is 0 Å². The fourth-order valence-electron chi connectivity index (χ4n) is 4.27. The van der Waals surface area contributed by atoms with Crippen molar-refractivity contribution in [3.05, 3.63) is 75.6 Å². The Kier molecular flexibility index (Phi) is 7.43. The van der Waals surface area contributed by atoms with Crippen LogP contribution in [0.2, 0.25) is 0 Å². The maximum atomic E-state index is 12.6. The van der Waals surface area contributed by atoms with Crippen LogP contribution in [0.15, 0.2) is 57.4 Å². The Morgan fingerprint density at radius 2 is 1.91 bits per heavy atom.